The van der Waals surface area contributed by atoms with Gasteiger partial charge in [-0.2, -0.15) is 0 Å². The number of anilines is 1. The van der Waals surface area contributed by atoms with Gasteiger partial charge in [0.2, 0.25) is 5.91 Å². The van der Waals surface area contributed by atoms with Crippen LogP contribution >= 0.6 is 11.3 Å². The van der Waals surface area contributed by atoms with Gasteiger partial charge in [0.15, 0.2) is 5.75 Å². The van der Waals surface area contributed by atoms with Crippen molar-refractivity contribution in [1.82, 2.24) is 0 Å². The second kappa shape index (κ2) is 3.39. The zero-order valence-electron chi connectivity index (χ0n) is 6.38. The van der Waals surface area contributed by atoms with E-state index in [4.69, 9.17) is 4.74 Å². The highest BCUT2D eigenvalue weighted by Crippen LogP contribution is 2.29. The molecule has 4 heteroatoms. The van der Waals surface area contributed by atoms with Gasteiger partial charge in [-0.1, -0.05) is 0 Å². The highest BCUT2D eigenvalue weighted by Gasteiger charge is 2.03. The summed E-state index contributed by atoms with van der Waals surface area (Å²) in [5.74, 6) is 0.635. The Morgan fingerprint density at radius 3 is 3.00 bits per heavy atom. The molecular weight excluding hydrogens is 162 g/mol. The summed E-state index contributed by atoms with van der Waals surface area (Å²) in [5.41, 5.74) is 0. The van der Waals surface area contributed by atoms with Crippen molar-refractivity contribution in [3.8, 4) is 5.75 Å². The number of thiophene rings is 1. The average Bonchev–Trinajstić information content (AvgIpc) is 2.34. The van der Waals surface area contributed by atoms with Gasteiger partial charge in [-0.05, 0) is 11.4 Å². The Morgan fingerprint density at radius 1 is 1.73 bits per heavy atom. The van der Waals surface area contributed by atoms with Crippen LogP contribution in [-0.2, 0) is 4.79 Å². The fourth-order valence-corrected chi connectivity index (χ4v) is 1.51. The molecule has 3 nitrogen and oxygen atoms in total. The van der Waals surface area contributed by atoms with Gasteiger partial charge in [-0.25, -0.2) is 0 Å². The SMILES string of the molecule is COc1ccsc1NC(C)=O. The number of ether oxygens (including phenoxy) is 1. The Kier molecular flexibility index (Phi) is 2.48. The van der Waals surface area contributed by atoms with E-state index in [0.717, 1.165) is 5.00 Å². The van der Waals surface area contributed by atoms with Crippen LogP contribution < -0.4 is 10.1 Å². The predicted molar refractivity (Wildman–Crippen MR) is 45.2 cm³/mol. The van der Waals surface area contributed by atoms with Gasteiger partial charge < -0.3 is 10.1 Å². The minimum absolute atomic E-state index is 0.0780. The summed E-state index contributed by atoms with van der Waals surface area (Å²) >= 11 is 1.45. The van der Waals surface area contributed by atoms with Crippen molar-refractivity contribution in [2.24, 2.45) is 0 Å². The van der Waals surface area contributed by atoms with Gasteiger partial charge in [0.25, 0.3) is 0 Å². The molecule has 0 unspecified atom stereocenters. The first-order valence-electron chi connectivity index (χ1n) is 3.13. The van der Waals surface area contributed by atoms with Gasteiger partial charge in [0.05, 0.1) is 7.11 Å². The molecule has 1 aromatic heterocycles. The first-order chi connectivity index (χ1) is 5.24. The number of amides is 1. The van der Waals surface area contributed by atoms with Crippen molar-refractivity contribution >= 4 is 22.2 Å². The zero-order chi connectivity index (χ0) is 8.27. The van der Waals surface area contributed by atoms with Crippen molar-refractivity contribution in [3.05, 3.63) is 11.4 Å². The molecular formula is C7H9NO2S. The van der Waals surface area contributed by atoms with Crippen LogP contribution in [0.5, 0.6) is 5.75 Å². The maximum absolute atomic E-state index is 10.6. The zero-order valence-corrected chi connectivity index (χ0v) is 7.20. The second-order valence-electron chi connectivity index (χ2n) is 2.00. The lowest BCUT2D eigenvalue weighted by atomic mass is 10.5. The van der Waals surface area contributed by atoms with Crippen LogP contribution in [0.1, 0.15) is 6.92 Å². The molecule has 0 fully saturated rings. The molecule has 0 saturated heterocycles. The second-order valence-corrected chi connectivity index (χ2v) is 2.92. The lowest BCUT2D eigenvalue weighted by Gasteiger charge is -2.00. The van der Waals surface area contributed by atoms with E-state index in [1.165, 1.54) is 18.3 Å². The van der Waals surface area contributed by atoms with Crippen LogP contribution in [0.25, 0.3) is 0 Å². The third-order valence-electron chi connectivity index (χ3n) is 1.14. The summed E-state index contributed by atoms with van der Waals surface area (Å²) in [6, 6.07) is 1.82. The lowest BCUT2D eigenvalue weighted by molar-refractivity contribution is -0.114. The van der Waals surface area contributed by atoms with Crippen LogP contribution in [-0.4, -0.2) is 13.0 Å². The Bertz CT molecular complexity index is 257. The summed E-state index contributed by atoms with van der Waals surface area (Å²) in [6.45, 7) is 1.47. The van der Waals surface area contributed by atoms with E-state index in [1.54, 1.807) is 7.11 Å². The van der Waals surface area contributed by atoms with Crippen LogP contribution in [0.15, 0.2) is 11.4 Å². The van der Waals surface area contributed by atoms with E-state index in [1.807, 2.05) is 11.4 Å². The third kappa shape index (κ3) is 1.94. The van der Waals surface area contributed by atoms with Crippen molar-refractivity contribution in [1.29, 1.82) is 0 Å². The molecule has 1 aromatic rings. The van der Waals surface area contributed by atoms with Crippen molar-refractivity contribution < 1.29 is 9.53 Å². The molecule has 0 spiro atoms. The van der Waals surface area contributed by atoms with Gasteiger partial charge in [0, 0.05) is 6.92 Å². The number of hydrogen-bond donors (Lipinski definition) is 1. The molecule has 0 aliphatic carbocycles. The molecule has 11 heavy (non-hydrogen) atoms. The van der Waals surface area contributed by atoms with Gasteiger partial charge in [0.1, 0.15) is 5.00 Å². The molecule has 1 amide bonds. The van der Waals surface area contributed by atoms with E-state index in [2.05, 4.69) is 5.32 Å². The number of nitrogens with one attached hydrogen (secondary N) is 1. The molecule has 1 heterocycles. The Hall–Kier alpha value is -1.03. The largest absolute Gasteiger partial charge is 0.494 e. The fourth-order valence-electron chi connectivity index (χ4n) is 0.709. The Labute approximate surface area is 69.0 Å². The van der Waals surface area contributed by atoms with E-state index < -0.39 is 0 Å². The molecule has 0 aromatic carbocycles. The Morgan fingerprint density at radius 2 is 2.45 bits per heavy atom. The first-order valence-corrected chi connectivity index (χ1v) is 4.01. The summed E-state index contributed by atoms with van der Waals surface area (Å²) in [4.78, 5) is 10.6. The van der Waals surface area contributed by atoms with Gasteiger partial charge in [-0.15, -0.1) is 11.3 Å². The fraction of sp³-hybridized carbons (Fsp3) is 0.286. The lowest BCUT2D eigenvalue weighted by Crippen LogP contribution is -2.04. The summed E-state index contributed by atoms with van der Waals surface area (Å²) in [6.07, 6.45) is 0. The monoisotopic (exact) mass is 171 g/mol. The average molecular weight is 171 g/mol. The van der Waals surface area contributed by atoms with E-state index in [-0.39, 0.29) is 5.91 Å². The number of carbonyl (C=O) groups excluding carboxylic acids is 1. The van der Waals surface area contributed by atoms with Crippen LogP contribution in [0.4, 0.5) is 5.00 Å². The normalized spacial score (nSPS) is 9.27. The number of carbonyl (C=O) groups is 1. The van der Waals surface area contributed by atoms with Crippen molar-refractivity contribution in [2.45, 2.75) is 6.92 Å². The highest BCUT2D eigenvalue weighted by molar-refractivity contribution is 7.14. The van der Waals surface area contributed by atoms with E-state index in [9.17, 15) is 4.79 Å². The standard InChI is InChI=1S/C7H9NO2S/c1-5(9)8-7-6(10-2)3-4-11-7/h3-4H,1-2H3,(H,8,9). The third-order valence-corrected chi connectivity index (χ3v) is 1.95. The van der Waals surface area contributed by atoms with Crippen molar-refractivity contribution in [3.63, 3.8) is 0 Å². The molecule has 1 N–H and O–H groups in total. The quantitative estimate of drug-likeness (QED) is 0.735. The minimum Gasteiger partial charge on any atom is -0.494 e. The molecule has 0 atom stereocenters. The summed E-state index contributed by atoms with van der Waals surface area (Å²) in [5, 5.41) is 5.29. The number of rotatable bonds is 2. The van der Waals surface area contributed by atoms with Crippen molar-refractivity contribution in [2.75, 3.05) is 12.4 Å². The van der Waals surface area contributed by atoms with E-state index >= 15 is 0 Å². The molecule has 0 radical (unpaired) electrons. The van der Waals surface area contributed by atoms with Crippen LogP contribution in [0.3, 0.4) is 0 Å². The number of methoxy groups -OCH3 is 1. The molecule has 0 aliphatic rings. The maximum Gasteiger partial charge on any atom is 0.221 e. The predicted octanol–water partition coefficient (Wildman–Crippen LogP) is 1.72. The Balaban J connectivity index is 2.76. The first kappa shape index (κ1) is 8.07. The summed E-state index contributed by atoms with van der Waals surface area (Å²) < 4.78 is 4.98. The van der Waals surface area contributed by atoms with Crippen LogP contribution in [0.2, 0.25) is 0 Å². The minimum atomic E-state index is -0.0780. The number of hydrogen-bond acceptors (Lipinski definition) is 3. The van der Waals surface area contributed by atoms with Gasteiger partial charge in [-0.3, -0.25) is 4.79 Å². The topological polar surface area (TPSA) is 38.3 Å². The smallest absolute Gasteiger partial charge is 0.221 e. The van der Waals surface area contributed by atoms with Gasteiger partial charge >= 0.3 is 0 Å². The molecule has 60 valence electrons. The molecule has 0 bridgehead atoms. The maximum atomic E-state index is 10.6. The molecule has 1 rings (SSSR count). The molecule has 0 aliphatic heterocycles. The highest BCUT2D eigenvalue weighted by atomic mass is 32.1. The van der Waals surface area contributed by atoms with E-state index in [0.29, 0.717) is 5.75 Å². The summed E-state index contributed by atoms with van der Waals surface area (Å²) in [7, 11) is 1.58. The molecule has 0 saturated carbocycles. The van der Waals surface area contributed by atoms with Crippen LogP contribution in [0, 0.1) is 0 Å².